The summed E-state index contributed by atoms with van der Waals surface area (Å²) in [6.45, 7) is 2.93. The van der Waals surface area contributed by atoms with Gasteiger partial charge in [0.15, 0.2) is 0 Å². The van der Waals surface area contributed by atoms with Gasteiger partial charge in [0, 0.05) is 38.2 Å². The number of benzene rings is 2. The number of para-hydroxylation sites is 1. The highest BCUT2D eigenvalue weighted by atomic mass is 35.5. The molecule has 2 heterocycles. The zero-order valence-electron chi connectivity index (χ0n) is 13.9. The number of nitrogens with one attached hydrogen (secondary N) is 2. The number of carbonyl (C=O) groups excluding carboxylic acids is 1. The Kier molecular flexibility index (Phi) is 6.33. The summed E-state index contributed by atoms with van der Waals surface area (Å²) in [5.74, 6) is 0.0378. The van der Waals surface area contributed by atoms with Crippen LogP contribution in [0.3, 0.4) is 0 Å². The van der Waals surface area contributed by atoms with Crippen LogP contribution < -0.4 is 10.6 Å². The molecule has 0 atom stereocenters. The molecule has 0 bridgehead atoms. The molecule has 0 unspecified atom stereocenters. The van der Waals surface area contributed by atoms with E-state index in [-0.39, 0.29) is 36.4 Å². The van der Waals surface area contributed by atoms with Crippen molar-refractivity contribution in [2.75, 3.05) is 18.4 Å². The first-order valence-corrected chi connectivity index (χ1v) is 8.20. The predicted octanol–water partition coefficient (Wildman–Crippen LogP) is 3.68. The molecule has 134 valence electrons. The Balaban J connectivity index is 0.00000113. The van der Waals surface area contributed by atoms with Crippen LogP contribution in [0.5, 0.6) is 0 Å². The fraction of sp³-hybridized carbons (Fsp3) is 0.316. The number of halogens is 2. The number of fused-ring (bicyclic) bond motifs is 1. The predicted molar refractivity (Wildman–Crippen MR) is 106 cm³/mol. The van der Waals surface area contributed by atoms with Gasteiger partial charge in [0.1, 0.15) is 5.66 Å². The van der Waals surface area contributed by atoms with Crippen LogP contribution >= 0.6 is 24.8 Å². The van der Waals surface area contributed by atoms with Crippen LogP contribution in [0, 0.1) is 0 Å². The van der Waals surface area contributed by atoms with Gasteiger partial charge in [-0.05, 0) is 17.7 Å². The monoisotopic (exact) mass is 379 g/mol. The fourth-order valence-electron chi connectivity index (χ4n) is 3.55. The van der Waals surface area contributed by atoms with Crippen molar-refractivity contribution >= 4 is 36.4 Å². The normalized spacial score (nSPS) is 18.2. The van der Waals surface area contributed by atoms with Crippen LogP contribution in [0.2, 0.25) is 0 Å². The first kappa shape index (κ1) is 19.6. The summed E-state index contributed by atoms with van der Waals surface area (Å²) in [7, 11) is 0. The second kappa shape index (κ2) is 8.09. The summed E-state index contributed by atoms with van der Waals surface area (Å²) in [5, 5.41) is 6.76. The van der Waals surface area contributed by atoms with Crippen LogP contribution in [0.15, 0.2) is 54.6 Å². The van der Waals surface area contributed by atoms with E-state index in [1.54, 1.807) is 0 Å². The summed E-state index contributed by atoms with van der Waals surface area (Å²) in [4.78, 5) is 14.8. The van der Waals surface area contributed by atoms with Crippen LogP contribution in [0.4, 0.5) is 5.69 Å². The standard InChI is InChI=1S/C19H21N3O.2ClH/c23-18-16-8-4-5-9-17(16)20-19(21-18)10-12-22(13-11-19)14-15-6-2-1-3-7-15;;/h1-9,20H,10-14H2,(H,21,23);2*1H. The number of carbonyl (C=O) groups is 1. The summed E-state index contributed by atoms with van der Waals surface area (Å²) >= 11 is 0. The van der Waals surface area contributed by atoms with Gasteiger partial charge in [-0.15, -0.1) is 24.8 Å². The minimum atomic E-state index is -0.293. The number of nitrogens with zero attached hydrogens (tertiary/aromatic N) is 1. The molecule has 2 aromatic rings. The average molecular weight is 380 g/mol. The minimum Gasteiger partial charge on any atom is -0.362 e. The van der Waals surface area contributed by atoms with E-state index >= 15 is 0 Å². The van der Waals surface area contributed by atoms with Crippen molar-refractivity contribution in [2.24, 2.45) is 0 Å². The van der Waals surface area contributed by atoms with E-state index in [1.807, 2.05) is 30.3 Å². The van der Waals surface area contributed by atoms with E-state index in [2.05, 4.69) is 39.8 Å². The SMILES string of the molecule is Cl.Cl.O=C1NC2(CCN(Cc3ccccc3)CC2)Nc2ccccc21. The smallest absolute Gasteiger partial charge is 0.255 e. The fourth-order valence-corrected chi connectivity index (χ4v) is 3.55. The number of anilines is 1. The Bertz CT molecular complexity index is 716. The third kappa shape index (κ3) is 4.09. The molecule has 0 aromatic heterocycles. The van der Waals surface area contributed by atoms with Gasteiger partial charge in [0.05, 0.1) is 5.56 Å². The van der Waals surface area contributed by atoms with Crippen molar-refractivity contribution in [2.45, 2.75) is 25.0 Å². The second-order valence-corrected chi connectivity index (χ2v) is 6.47. The quantitative estimate of drug-likeness (QED) is 0.836. The van der Waals surface area contributed by atoms with Crippen molar-refractivity contribution in [3.8, 4) is 0 Å². The molecule has 25 heavy (non-hydrogen) atoms. The third-order valence-electron chi connectivity index (χ3n) is 4.86. The molecule has 1 fully saturated rings. The number of piperidine rings is 1. The van der Waals surface area contributed by atoms with Gasteiger partial charge in [0.25, 0.3) is 5.91 Å². The van der Waals surface area contributed by atoms with Gasteiger partial charge in [-0.25, -0.2) is 0 Å². The van der Waals surface area contributed by atoms with Crippen LogP contribution in [0.1, 0.15) is 28.8 Å². The zero-order valence-corrected chi connectivity index (χ0v) is 15.5. The highest BCUT2D eigenvalue weighted by Gasteiger charge is 2.39. The molecule has 4 nitrogen and oxygen atoms in total. The molecule has 0 saturated carbocycles. The van der Waals surface area contributed by atoms with Gasteiger partial charge in [0.2, 0.25) is 0 Å². The second-order valence-electron chi connectivity index (χ2n) is 6.47. The lowest BCUT2D eigenvalue weighted by Crippen LogP contribution is -2.62. The maximum atomic E-state index is 12.4. The zero-order chi connectivity index (χ0) is 15.7. The summed E-state index contributed by atoms with van der Waals surface area (Å²) in [6.07, 6.45) is 1.83. The lowest BCUT2D eigenvalue weighted by atomic mass is 9.92. The van der Waals surface area contributed by atoms with Crippen molar-refractivity contribution in [1.82, 2.24) is 10.2 Å². The minimum absolute atomic E-state index is 0. The molecule has 0 aliphatic carbocycles. The molecular formula is C19H23Cl2N3O. The van der Waals surface area contributed by atoms with E-state index < -0.39 is 0 Å². The van der Waals surface area contributed by atoms with Gasteiger partial charge in [-0.2, -0.15) is 0 Å². The van der Waals surface area contributed by atoms with E-state index in [4.69, 9.17) is 0 Å². The van der Waals surface area contributed by atoms with Crippen LogP contribution in [-0.2, 0) is 6.54 Å². The highest BCUT2D eigenvalue weighted by molar-refractivity contribution is 6.02. The van der Waals surface area contributed by atoms with E-state index in [0.29, 0.717) is 0 Å². The largest absolute Gasteiger partial charge is 0.362 e. The van der Waals surface area contributed by atoms with Crippen molar-refractivity contribution in [3.05, 3.63) is 65.7 Å². The van der Waals surface area contributed by atoms with E-state index in [0.717, 1.165) is 43.7 Å². The number of likely N-dealkylation sites (tertiary alicyclic amines) is 1. The number of hydrogen-bond acceptors (Lipinski definition) is 3. The van der Waals surface area contributed by atoms with E-state index in [1.165, 1.54) is 5.56 Å². The lowest BCUT2D eigenvalue weighted by molar-refractivity contribution is 0.0822. The first-order chi connectivity index (χ1) is 11.2. The molecule has 6 heteroatoms. The molecule has 2 aliphatic rings. The van der Waals surface area contributed by atoms with Crippen LogP contribution in [-0.4, -0.2) is 29.6 Å². The molecule has 1 spiro atoms. The molecule has 1 saturated heterocycles. The number of hydrogen-bond donors (Lipinski definition) is 2. The van der Waals surface area contributed by atoms with Crippen LogP contribution in [0.25, 0.3) is 0 Å². The Labute approximate surface area is 160 Å². The van der Waals surface area contributed by atoms with Crippen molar-refractivity contribution in [1.29, 1.82) is 0 Å². The Morgan fingerprint density at radius 3 is 2.24 bits per heavy atom. The van der Waals surface area contributed by atoms with Gasteiger partial charge >= 0.3 is 0 Å². The highest BCUT2D eigenvalue weighted by Crippen LogP contribution is 2.31. The molecule has 0 radical (unpaired) electrons. The summed E-state index contributed by atoms with van der Waals surface area (Å²) in [5.41, 5.74) is 2.74. The first-order valence-electron chi connectivity index (χ1n) is 8.20. The Morgan fingerprint density at radius 1 is 0.880 bits per heavy atom. The summed E-state index contributed by atoms with van der Waals surface area (Å²) < 4.78 is 0. The topological polar surface area (TPSA) is 44.4 Å². The Morgan fingerprint density at radius 2 is 1.52 bits per heavy atom. The molecule has 1 amide bonds. The molecule has 2 N–H and O–H groups in total. The maximum Gasteiger partial charge on any atom is 0.255 e. The molecule has 2 aliphatic heterocycles. The van der Waals surface area contributed by atoms with Crippen molar-refractivity contribution in [3.63, 3.8) is 0 Å². The van der Waals surface area contributed by atoms with Gasteiger partial charge < -0.3 is 10.6 Å². The summed E-state index contributed by atoms with van der Waals surface area (Å²) in [6, 6.07) is 18.3. The van der Waals surface area contributed by atoms with Crippen molar-refractivity contribution < 1.29 is 4.79 Å². The number of rotatable bonds is 2. The van der Waals surface area contributed by atoms with Gasteiger partial charge in [-0.3, -0.25) is 9.69 Å². The van der Waals surface area contributed by atoms with E-state index in [9.17, 15) is 4.79 Å². The number of amides is 1. The molecule has 4 rings (SSSR count). The Hall–Kier alpha value is -1.75. The third-order valence-corrected chi connectivity index (χ3v) is 4.86. The lowest BCUT2D eigenvalue weighted by Gasteiger charge is -2.46. The average Bonchev–Trinajstić information content (AvgIpc) is 2.58. The molecule has 2 aromatic carbocycles. The molecular weight excluding hydrogens is 357 g/mol. The van der Waals surface area contributed by atoms with Gasteiger partial charge in [-0.1, -0.05) is 42.5 Å². The maximum absolute atomic E-state index is 12.4.